The molecule has 0 atom stereocenters. The van der Waals surface area contributed by atoms with Gasteiger partial charge in [0.2, 0.25) is 17.7 Å². The Morgan fingerprint density at radius 1 is 0.508 bits per heavy atom. The molecule has 0 bridgehead atoms. The Hall–Kier alpha value is -1.91. The standard InChI is InChI=1S/C40H80N12O3S6/c1-3-17-50(20-14-47-35(2)42)36(53)10-32-59-30-8-27-57-24-5-19-52(22-16-49-40(45)46)38(55)12-34-61-31-9-28-58-25-6-18-51(21-15-48-39(43)44)37(54)11-33-60-29-7-26-56-23-4-13-41/h3,47H,1-2,4-34,41-42H2,(H4,43,44,48)(H4,45,46,49). The van der Waals surface area contributed by atoms with Crippen LogP contribution in [-0.2, 0) is 14.4 Å². The number of carbonyl (C=O) groups excluding carboxylic acids is 3. The van der Waals surface area contributed by atoms with Crippen molar-refractivity contribution >= 4 is 100 Å². The molecule has 0 aliphatic rings. The molecule has 0 heterocycles. The van der Waals surface area contributed by atoms with Gasteiger partial charge in [0.15, 0.2) is 11.9 Å². The van der Waals surface area contributed by atoms with E-state index in [-0.39, 0.29) is 29.6 Å². The molecule has 15 nitrogen and oxygen atoms in total. The van der Waals surface area contributed by atoms with E-state index in [0.717, 1.165) is 114 Å². The van der Waals surface area contributed by atoms with Crippen LogP contribution in [0.2, 0.25) is 0 Å². The Morgan fingerprint density at radius 3 is 1.23 bits per heavy atom. The summed E-state index contributed by atoms with van der Waals surface area (Å²) >= 11 is 11.2. The zero-order chi connectivity index (χ0) is 45.2. The topological polar surface area (TPSA) is 254 Å². The molecule has 0 aliphatic carbocycles. The van der Waals surface area contributed by atoms with Crippen LogP contribution < -0.4 is 39.7 Å². The van der Waals surface area contributed by atoms with Gasteiger partial charge in [-0.25, -0.2) is 0 Å². The van der Waals surface area contributed by atoms with Crippen LogP contribution in [0.25, 0.3) is 0 Å². The molecule has 3 amide bonds. The van der Waals surface area contributed by atoms with Crippen molar-refractivity contribution in [1.82, 2.24) is 20.0 Å². The average Bonchev–Trinajstić information content (AvgIpc) is 3.22. The lowest BCUT2D eigenvalue weighted by atomic mass is 10.3. The van der Waals surface area contributed by atoms with Gasteiger partial charge in [-0.05, 0) is 96.8 Å². The highest BCUT2D eigenvalue weighted by atomic mass is 32.2. The molecule has 21 heteroatoms. The Balaban J connectivity index is 4.29. The van der Waals surface area contributed by atoms with Crippen LogP contribution in [0.1, 0.15) is 57.8 Å². The summed E-state index contributed by atoms with van der Waals surface area (Å²) in [6, 6.07) is 0. The van der Waals surface area contributed by atoms with Crippen LogP contribution in [0.4, 0.5) is 0 Å². The average molecular weight is 970 g/mol. The number of nitrogens with one attached hydrogen (secondary N) is 1. The molecule has 13 N–H and O–H groups in total. The van der Waals surface area contributed by atoms with Crippen molar-refractivity contribution < 1.29 is 14.4 Å². The van der Waals surface area contributed by atoms with Gasteiger partial charge >= 0.3 is 0 Å². The minimum atomic E-state index is 0.0354. The molecule has 0 fully saturated rings. The fourth-order valence-corrected chi connectivity index (χ4v) is 11.3. The Morgan fingerprint density at radius 2 is 0.869 bits per heavy atom. The van der Waals surface area contributed by atoms with E-state index in [0.29, 0.717) is 84.0 Å². The Bertz CT molecular complexity index is 1220. The smallest absolute Gasteiger partial charge is 0.223 e. The predicted molar refractivity (Wildman–Crippen MR) is 277 cm³/mol. The molecule has 0 saturated carbocycles. The number of nitrogens with zero attached hydrogens (tertiary/aromatic N) is 5. The van der Waals surface area contributed by atoms with Crippen molar-refractivity contribution in [1.29, 1.82) is 0 Å². The van der Waals surface area contributed by atoms with E-state index in [4.69, 9.17) is 34.4 Å². The van der Waals surface area contributed by atoms with Crippen LogP contribution in [0.3, 0.4) is 0 Å². The summed E-state index contributed by atoms with van der Waals surface area (Å²) in [5.41, 5.74) is 33.2. The first-order chi connectivity index (χ1) is 29.5. The number of guanidine groups is 2. The fraction of sp³-hybridized carbons (Fsp3) is 0.775. The molecule has 0 rings (SSSR count). The van der Waals surface area contributed by atoms with Gasteiger partial charge in [-0.3, -0.25) is 24.4 Å². The predicted octanol–water partition coefficient (Wildman–Crippen LogP) is 3.09. The van der Waals surface area contributed by atoms with E-state index in [9.17, 15) is 14.4 Å². The summed E-state index contributed by atoms with van der Waals surface area (Å²) in [6.07, 6.45) is 9.46. The van der Waals surface area contributed by atoms with E-state index in [1.807, 2.05) is 68.6 Å². The van der Waals surface area contributed by atoms with Crippen LogP contribution in [0, 0.1) is 0 Å². The fourth-order valence-electron chi connectivity index (χ4n) is 5.40. The first kappa shape index (κ1) is 59.1. The summed E-state index contributed by atoms with van der Waals surface area (Å²) < 4.78 is 0. The monoisotopic (exact) mass is 968 g/mol. The van der Waals surface area contributed by atoms with Gasteiger partial charge in [0.1, 0.15) is 0 Å². The third-order valence-corrected chi connectivity index (χ3v) is 15.2. The van der Waals surface area contributed by atoms with Gasteiger partial charge in [0.05, 0.1) is 18.9 Å². The lowest BCUT2D eigenvalue weighted by Crippen LogP contribution is -2.37. The van der Waals surface area contributed by atoms with Gasteiger partial charge in [0.25, 0.3) is 0 Å². The molecule has 0 spiro atoms. The van der Waals surface area contributed by atoms with Crippen molar-refractivity contribution in [2.24, 2.45) is 44.4 Å². The molecule has 0 aromatic rings. The van der Waals surface area contributed by atoms with Crippen molar-refractivity contribution in [2.75, 3.05) is 134 Å². The number of carbonyl (C=O) groups is 3. The van der Waals surface area contributed by atoms with E-state index < -0.39 is 0 Å². The highest BCUT2D eigenvalue weighted by Crippen LogP contribution is 2.15. The summed E-state index contributed by atoms with van der Waals surface area (Å²) in [4.78, 5) is 52.5. The SMILES string of the molecule is C=CCN(CCNC(=C)N)C(=O)CCSCCCSCCCN(CCN=C(N)N)C(=O)CCSCCCSCCCN(CCN=C(N)N)C(=O)CCSCCCSCCCN. The quantitative estimate of drug-likeness (QED) is 0.0201. The van der Waals surface area contributed by atoms with E-state index in [2.05, 4.69) is 28.5 Å². The number of hydrogen-bond acceptors (Lipinski definition) is 14. The van der Waals surface area contributed by atoms with Crippen LogP contribution in [-0.4, -0.2) is 179 Å². The molecule has 0 unspecified atom stereocenters. The van der Waals surface area contributed by atoms with Gasteiger partial charge < -0.3 is 54.4 Å². The molecule has 0 saturated heterocycles. The highest BCUT2D eigenvalue weighted by molar-refractivity contribution is 8.00. The third kappa shape index (κ3) is 39.4. The minimum absolute atomic E-state index is 0.0354. The number of hydrogen-bond donors (Lipinski definition) is 7. The summed E-state index contributed by atoms with van der Waals surface area (Å²) in [6.45, 7) is 13.0. The molecular formula is C40H80N12O3S6. The minimum Gasteiger partial charge on any atom is -0.386 e. The van der Waals surface area contributed by atoms with Gasteiger partial charge in [-0.2, -0.15) is 70.6 Å². The van der Waals surface area contributed by atoms with Crippen molar-refractivity contribution in [2.45, 2.75) is 57.8 Å². The molecule has 0 aromatic heterocycles. The highest BCUT2D eigenvalue weighted by Gasteiger charge is 2.15. The molecule has 0 radical (unpaired) electrons. The Labute approximate surface area is 393 Å². The third-order valence-electron chi connectivity index (χ3n) is 8.51. The summed E-state index contributed by atoms with van der Waals surface area (Å²) in [5.74, 6) is 12.7. The van der Waals surface area contributed by atoms with Crippen molar-refractivity contribution in [3.63, 3.8) is 0 Å². The van der Waals surface area contributed by atoms with E-state index >= 15 is 0 Å². The lowest BCUT2D eigenvalue weighted by Gasteiger charge is -2.22. The van der Waals surface area contributed by atoms with Crippen molar-refractivity contribution in [3.05, 3.63) is 25.1 Å². The maximum atomic E-state index is 13.1. The Kier molecular flexibility index (Phi) is 42.0. The van der Waals surface area contributed by atoms with Crippen LogP contribution in [0.15, 0.2) is 35.0 Å². The normalized spacial score (nSPS) is 10.8. The first-order valence-electron chi connectivity index (χ1n) is 21.4. The maximum Gasteiger partial charge on any atom is 0.223 e. The molecule has 61 heavy (non-hydrogen) atoms. The molecular weight excluding hydrogens is 889 g/mol. The second kappa shape index (κ2) is 43.3. The van der Waals surface area contributed by atoms with Crippen LogP contribution >= 0.6 is 70.6 Å². The van der Waals surface area contributed by atoms with Crippen molar-refractivity contribution in [3.8, 4) is 0 Å². The summed E-state index contributed by atoms with van der Waals surface area (Å²) in [5, 5.41) is 2.95. The van der Waals surface area contributed by atoms with Gasteiger partial charge in [-0.15, -0.1) is 6.58 Å². The number of aliphatic imine (C=N–C) groups is 2. The van der Waals surface area contributed by atoms with Gasteiger partial charge in [-0.1, -0.05) is 12.7 Å². The number of rotatable bonds is 44. The number of nitrogens with two attached hydrogens (primary N) is 6. The zero-order valence-corrected chi connectivity index (χ0v) is 41.7. The van der Waals surface area contributed by atoms with E-state index in [1.165, 1.54) is 0 Å². The summed E-state index contributed by atoms with van der Waals surface area (Å²) in [7, 11) is 0. The lowest BCUT2D eigenvalue weighted by molar-refractivity contribution is -0.131. The molecule has 354 valence electrons. The molecule has 0 aliphatic heterocycles. The van der Waals surface area contributed by atoms with Gasteiger partial charge in [0, 0.05) is 82.3 Å². The number of thioether (sulfide) groups is 6. The first-order valence-corrected chi connectivity index (χ1v) is 28.3. The largest absolute Gasteiger partial charge is 0.386 e. The van der Waals surface area contributed by atoms with E-state index in [1.54, 1.807) is 22.7 Å². The second-order valence-electron chi connectivity index (χ2n) is 13.8. The van der Waals surface area contributed by atoms with Crippen LogP contribution in [0.5, 0.6) is 0 Å². The maximum absolute atomic E-state index is 13.1. The second-order valence-corrected chi connectivity index (χ2v) is 21.1. The molecule has 0 aromatic carbocycles. The zero-order valence-electron chi connectivity index (χ0n) is 36.8. The number of amides is 3.